The Balaban J connectivity index is 2.18. The fourth-order valence-electron chi connectivity index (χ4n) is 1.83. The second kappa shape index (κ2) is 5.50. The van der Waals surface area contributed by atoms with Gasteiger partial charge in [0.15, 0.2) is 0 Å². The minimum Gasteiger partial charge on any atom is -0.497 e. The normalized spacial score (nSPS) is 10.8. The molecule has 1 aromatic carbocycles. The van der Waals surface area contributed by atoms with Gasteiger partial charge in [0.05, 0.1) is 21.0 Å². The van der Waals surface area contributed by atoms with Crippen molar-refractivity contribution in [3.8, 4) is 5.75 Å². The first kappa shape index (κ1) is 12.4. The zero-order valence-corrected chi connectivity index (χ0v) is 10.9. The van der Waals surface area contributed by atoms with E-state index in [2.05, 4.69) is 12.2 Å². The Morgan fingerprint density at radius 3 is 2.00 bits per heavy atom. The summed E-state index contributed by atoms with van der Waals surface area (Å²) < 4.78 is 10.6. The average Bonchev–Trinajstić information content (AvgIpc) is 2.36. The first-order valence-electron chi connectivity index (χ1n) is 5.91. The number of benzene rings is 1. The van der Waals surface area contributed by atoms with E-state index in [1.807, 2.05) is 50.2 Å². The molecule has 0 fully saturated rings. The third-order valence-corrected chi connectivity index (χ3v) is 2.65. The molecule has 2 nitrogen and oxygen atoms in total. The second-order valence-corrected chi connectivity index (χ2v) is 4.22. The summed E-state index contributed by atoms with van der Waals surface area (Å²) in [5.41, 5.74) is 2.29. The number of rotatable bonds is 3. The molecule has 0 aliphatic rings. The van der Waals surface area contributed by atoms with Crippen molar-refractivity contribution in [1.82, 2.24) is 0 Å². The van der Waals surface area contributed by atoms with Gasteiger partial charge in [-0.1, -0.05) is 24.3 Å². The van der Waals surface area contributed by atoms with Crippen LogP contribution in [0.3, 0.4) is 0 Å². The minimum atomic E-state index is 0.873. The van der Waals surface area contributed by atoms with Crippen LogP contribution in [-0.2, 0) is 0 Å². The van der Waals surface area contributed by atoms with Crippen molar-refractivity contribution in [3.05, 3.63) is 59.0 Å². The molecule has 0 aliphatic carbocycles. The Morgan fingerprint density at radius 2 is 1.44 bits per heavy atom. The standard InChI is InChI=1S/C16H17O2/c1-12-10-15(11-13(2)18-12)5-4-14-6-8-16(17-3)9-7-14/h4-11H,1-3H3/q+1/b5-4+. The first-order valence-corrected chi connectivity index (χ1v) is 5.91. The molecular formula is C16H17O2+. The lowest BCUT2D eigenvalue weighted by Gasteiger charge is -1.99. The lowest BCUT2D eigenvalue weighted by atomic mass is 10.1. The van der Waals surface area contributed by atoms with Crippen molar-refractivity contribution < 1.29 is 9.15 Å². The molecule has 0 radical (unpaired) electrons. The van der Waals surface area contributed by atoms with Crippen LogP contribution in [0.1, 0.15) is 22.6 Å². The summed E-state index contributed by atoms with van der Waals surface area (Å²) in [6.07, 6.45) is 4.16. The van der Waals surface area contributed by atoms with Crippen molar-refractivity contribution in [2.24, 2.45) is 0 Å². The van der Waals surface area contributed by atoms with Crippen molar-refractivity contribution in [3.63, 3.8) is 0 Å². The summed E-state index contributed by atoms with van der Waals surface area (Å²) in [5, 5.41) is 0. The summed E-state index contributed by atoms with van der Waals surface area (Å²) in [7, 11) is 1.67. The number of hydrogen-bond donors (Lipinski definition) is 0. The van der Waals surface area contributed by atoms with Crippen LogP contribution in [-0.4, -0.2) is 7.11 Å². The highest BCUT2D eigenvalue weighted by Gasteiger charge is 2.05. The molecule has 1 heterocycles. The van der Waals surface area contributed by atoms with Gasteiger partial charge in [-0.3, -0.25) is 0 Å². The largest absolute Gasteiger partial charge is 0.497 e. The Bertz CT molecular complexity index is 534. The fraction of sp³-hybridized carbons (Fsp3) is 0.188. The van der Waals surface area contributed by atoms with Crippen LogP contribution in [0, 0.1) is 13.8 Å². The van der Waals surface area contributed by atoms with Crippen molar-refractivity contribution >= 4 is 12.2 Å². The molecule has 2 rings (SSSR count). The predicted octanol–water partition coefficient (Wildman–Crippen LogP) is 4.36. The topological polar surface area (TPSA) is 20.5 Å². The lowest BCUT2D eigenvalue weighted by Crippen LogP contribution is -1.82. The van der Waals surface area contributed by atoms with Crippen LogP contribution in [0.2, 0.25) is 0 Å². The zero-order chi connectivity index (χ0) is 13.0. The van der Waals surface area contributed by atoms with E-state index in [1.54, 1.807) is 7.11 Å². The van der Waals surface area contributed by atoms with E-state index in [1.165, 1.54) is 0 Å². The number of methoxy groups -OCH3 is 1. The molecule has 0 bridgehead atoms. The van der Waals surface area contributed by atoms with Gasteiger partial charge >= 0.3 is 11.5 Å². The van der Waals surface area contributed by atoms with E-state index in [0.717, 1.165) is 28.4 Å². The summed E-state index contributed by atoms with van der Waals surface area (Å²) in [5.74, 6) is 2.71. The number of ether oxygens (including phenoxy) is 1. The van der Waals surface area contributed by atoms with Gasteiger partial charge in [0.25, 0.3) is 0 Å². The molecule has 0 amide bonds. The molecule has 18 heavy (non-hydrogen) atoms. The maximum Gasteiger partial charge on any atom is 0.327 e. The Morgan fingerprint density at radius 1 is 0.889 bits per heavy atom. The summed E-state index contributed by atoms with van der Waals surface area (Å²) >= 11 is 0. The fourth-order valence-corrected chi connectivity index (χ4v) is 1.83. The average molecular weight is 241 g/mol. The minimum absolute atomic E-state index is 0.873. The molecule has 0 saturated carbocycles. The predicted molar refractivity (Wildman–Crippen MR) is 74.5 cm³/mol. The van der Waals surface area contributed by atoms with Gasteiger partial charge < -0.3 is 4.74 Å². The maximum atomic E-state index is 5.45. The SMILES string of the molecule is COc1ccc(/C=C/c2cc(C)[o+]c(C)c2)cc1. The quantitative estimate of drug-likeness (QED) is 0.744. The van der Waals surface area contributed by atoms with Gasteiger partial charge in [-0.05, 0) is 23.3 Å². The smallest absolute Gasteiger partial charge is 0.327 e. The van der Waals surface area contributed by atoms with E-state index in [9.17, 15) is 0 Å². The van der Waals surface area contributed by atoms with Crippen LogP contribution in [0.15, 0.2) is 40.8 Å². The summed E-state index contributed by atoms with van der Waals surface area (Å²) in [6, 6.07) is 12.0. The Labute approximate surface area is 108 Å². The van der Waals surface area contributed by atoms with Gasteiger partial charge in [0.1, 0.15) is 5.75 Å². The van der Waals surface area contributed by atoms with E-state index in [0.29, 0.717) is 0 Å². The monoisotopic (exact) mass is 241 g/mol. The Hall–Kier alpha value is -2.09. The number of aryl methyl sites for hydroxylation is 2. The van der Waals surface area contributed by atoms with Gasteiger partial charge in [0, 0.05) is 12.1 Å². The van der Waals surface area contributed by atoms with Crippen molar-refractivity contribution in [2.75, 3.05) is 7.11 Å². The van der Waals surface area contributed by atoms with E-state index >= 15 is 0 Å². The second-order valence-electron chi connectivity index (χ2n) is 4.22. The highest BCUT2D eigenvalue weighted by atomic mass is 16.5. The number of hydrogen-bond acceptors (Lipinski definition) is 1. The highest BCUT2D eigenvalue weighted by Crippen LogP contribution is 2.15. The third kappa shape index (κ3) is 3.20. The van der Waals surface area contributed by atoms with E-state index < -0.39 is 0 Å². The molecule has 1 aromatic heterocycles. The molecule has 0 aliphatic heterocycles. The maximum absolute atomic E-state index is 5.45. The zero-order valence-electron chi connectivity index (χ0n) is 10.9. The van der Waals surface area contributed by atoms with Crippen LogP contribution >= 0.6 is 0 Å². The third-order valence-electron chi connectivity index (χ3n) is 2.65. The van der Waals surface area contributed by atoms with Crippen LogP contribution < -0.4 is 4.74 Å². The highest BCUT2D eigenvalue weighted by molar-refractivity contribution is 5.69. The molecule has 0 N–H and O–H groups in total. The van der Waals surface area contributed by atoms with Gasteiger partial charge in [-0.2, -0.15) is 0 Å². The van der Waals surface area contributed by atoms with E-state index in [-0.39, 0.29) is 0 Å². The van der Waals surface area contributed by atoms with E-state index in [4.69, 9.17) is 9.15 Å². The lowest BCUT2D eigenvalue weighted by molar-refractivity contribution is 0.415. The molecule has 0 spiro atoms. The van der Waals surface area contributed by atoms with Gasteiger partial charge in [0.2, 0.25) is 0 Å². The first-order chi connectivity index (χ1) is 8.67. The van der Waals surface area contributed by atoms with Gasteiger partial charge in [-0.25, -0.2) is 4.42 Å². The molecule has 0 atom stereocenters. The summed E-state index contributed by atoms with van der Waals surface area (Å²) in [6.45, 7) is 3.91. The summed E-state index contributed by atoms with van der Waals surface area (Å²) in [4.78, 5) is 0. The van der Waals surface area contributed by atoms with Gasteiger partial charge in [-0.15, -0.1) is 0 Å². The Kier molecular flexibility index (Phi) is 3.78. The molecule has 0 unspecified atom stereocenters. The van der Waals surface area contributed by atoms with Crippen LogP contribution in [0.4, 0.5) is 0 Å². The molecular weight excluding hydrogens is 224 g/mol. The van der Waals surface area contributed by atoms with Crippen molar-refractivity contribution in [2.45, 2.75) is 13.8 Å². The molecule has 2 heteroatoms. The molecule has 0 saturated heterocycles. The van der Waals surface area contributed by atoms with Crippen molar-refractivity contribution in [1.29, 1.82) is 0 Å². The van der Waals surface area contributed by atoms with Crippen LogP contribution in [0.5, 0.6) is 5.75 Å². The van der Waals surface area contributed by atoms with Crippen LogP contribution in [0.25, 0.3) is 12.2 Å². The molecule has 92 valence electrons. The molecule has 2 aromatic rings.